The molecule has 1 aromatic carbocycles. The number of urea groups is 1. The van der Waals surface area contributed by atoms with Crippen LogP contribution >= 0.6 is 0 Å². The van der Waals surface area contributed by atoms with Gasteiger partial charge >= 0.3 is 6.03 Å². The van der Waals surface area contributed by atoms with Crippen LogP contribution in [0.3, 0.4) is 0 Å². The predicted octanol–water partition coefficient (Wildman–Crippen LogP) is 3.32. The fourth-order valence-electron chi connectivity index (χ4n) is 2.58. The first kappa shape index (κ1) is 14.7. The van der Waals surface area contributed by atoms with Gasteiger partial charge in [0.25, 0.3) is 0 Å². The van der Waals surface area contributed by atoms with Crippen molar-refractivity contribution in [2.24, 2.45) is 5.92 Å². The molecule has 1 heterocycles. The molecular formula is C16H25N3O. The Morgan fingerprint density at radius 3 is 2.55 bits per heavy atom. The zero-order valence-electron chi connectivity index (χ0n) is 12.9. The molecule has 4 nitrogen and oxygen atoms in total. The lowest BCUT2D eigenvalue weighted by molar-refractivity contribution is 0.186. The zero-order valence-corrected chi connectivity index (χ0v) is 12.9. The van der Waals surface area contributed by atoms with Gasteiger partial charge in [0.1, 0.15) is 0 Å². The average Bonchev–Trinajstić information content (AvgIpc) is 2.41. The summed E-state index contributed by atoms with van der Waals surface area (Å²) in [4.78, 5) is 16.2. The van der Waals surface area contributed by atoms with Gasteiger partial charge in [0.2, 0.25) is 0 Å². The summed E-state index contributed by atoms with van der Waals surface area (Å²) in [5.74, 6) is 0.735. The van der Waals surface area contributed by atoms with Crippen molar-refractivity contribution in [3.05, 3.63) is 23.8 Å². The first-order valence-corrected chi connectivity index (χ1v) is 7.31. The SMILES string of the molecule is Cc1ccc(NC(=O)N2CCC(C)CC2)cc1N(C)C. The number of hydrogen-bond donors (Lipinski definition) is 1. The van der Waals surface area contributed by atoms with Crippen molar-refractivity contribution in [1.82, 2.24) is 4.90 Å². The van der Waals surface area contributed by atoms with Crippen molar-refractivity contribution in [3.63, 3.8) is 0 Å². The summed E-state index contributed by atoms with van der Waals surface area (Å²) in [5.41, 5.74) is 3.21. The molecule has 2 rings (SSSR count). The number of carbonyl (C=O) groups is 1. The van der Waals surface area contributed by atoms with Crippen LogP contribution in [0.4, 0.5) is 16.2 Å². The Morgan fingerprint density at radius 1 is 1.30 bits per heavy atom. The van der Waals surface area contributed by atoms with E-state index in [1.165, 1.54) is 5.56 Å². The van der Waals surface area contributed by atoms with Gasteiger partial charge in [0, 0.05) is 38.6 Å². The van der Waals surface area contributed by atoms with Crippen LogP contribution in [-0.4, -0.2) is 38.1 Å². The van der Waals surface area contributed by atoms with Crippen molar-refractivity contribution in [3.8, 4) is 0 Å². The highest BCUT2D eigenvalue weighted by Gasteiger charge is 2.20. The Hall–Kier alpha value is -1.71. The lowest BCUT2D eigenvalue weighted by atomic mass is 10.00. The summed E-state index contributed by atoms with van der Waals surface area (Å²) < 4.78 is 0. The summed E-state index contributed by atoms with van der Waals surface area (Å²) >= 11 is 0. The van der Waals surface area contributed by atoms with E-state index < -0.39 is 0 Å². The van der Waals surface area contributed by atoms with Gasteiger partial charge in [-0.1, -0.05) is 13.0 Å². The van der Waals surface area contributed by atoms with E-state index in [1.807, 2.05) is 37.2 Å². The third kappa shape index (κ3) is 3.44. The van der Waals surface area contributed by atoms with E-state index in [4.69, 9.17) is 0 Å². The summed E-state index contributed by atoms with van der Waals surface area (Å²) in [6.45, 7) is 6.05. The van der Waals surface area contributed by atoms with Gasteiger partial charge in [-0.05, 0) is 43.4 Å². The van der Waals surface area contributed by atoms with Gasteiger partial charge in [-0.15, -0.1) is 0 Å². The minimum atomic E-state index is 0.0189. The molecule has 0 saturated carbocycles. The van der Waals surface area contributed by atoms with Crippen LogP contribution in [0, 0.1) is 12.8 Å². The summed E-state index contributed by atoms with van der Waals surface area (Å²) in [5, 5.41) is 3.01. The van der Waals surface area contributed by atoms with Gasteiger partial charge in [-0.25, -0.2) is 4.79 Å². The molecule has 1 fully saturated rings. The molecule has 0 bridgehead atoms. The average molecular weight is 275 g/mol. The van der Waals surface area contributed by atoms with E-state index in [0.717, 1.165) is 43.2 Å². The Morgan fingerprint density at radius 2 is 1.95 bits per heavy atom. The molecule has 4 heteroatoms. The van der Waals surface area contributed by atoms with E-state index in [2.05, 4.69) is 24.1 Å². The number of piperidine rings is 1. The van der Waals surface area contributed by atoms with E-state index >= 15 is 0 Å². The van der Waals surface area contributed by atoms with Crippen molar-refractivity contribution >= 4 is 17.4 Å². The molecule has 0 spiro atoms. The van der Waals surface area contributed by atoms with Crippen LogP contribution in [0.5, 0.6) is 0 Å². The smallest absolute Gasteiger partial charge is 0.321 e. The maximum absolute atomic E-state index is 12.2. The number of hydrogen-bond acceptors (Lipinski definition) is 2. The van der Waals surface area contributed by atoms with E-state index in [9.17, 15) is 4.79 Å². The molecule has 2 amide bonds. The quantitative estimate of drug-likeness (QED) is 0.898. The lowest BCUT2D eigenvalue weighted by Crippen LogP contribution is -2.40. The number of likely N-dealkylation sites (tertiary alicyclic amines) is 1. The van der Waals surface area contributed by atoms with Crippen LogP contribution in [0.2, 0.25) is 0 Å². The molecule has 0 atom stereocenters. The van der Waals surface area contributed by atoms with Crippen molar-refractivity contribution in [1.29, 1.82) is 0 Å². The minimum absolute atomic E-state index is 0.0189. The first-order valence-electron chi connectivity index (χ1n) is 7.31. The number of amides is 2. The standard InChI is InChI=1S/C16H25N3O/c1-12-7-9-19(10-8-12)16(20)17-14-6-5-13(2)15(11-14)18(3)4/h5-6,11-12H,7-10H2,1-4H3,(H,17,20). The highest BCUT2D eigenvalue weighted by atomic mass is 16.2. The molecule has 1 saturated heterocycles. The summed E-state index contributed by atoms with van der Waals surface area (Å²) in [6, 6.07) is 6.06. The van der Waals surface area contributed by atoms with Gasteiger partial charge in [-0.2, -0.15) is 0 Å². The predicted molar refractivity (Wildman–Crippen MR) is 84.5 cm³/mol. The lowest BCUT2D eigenvalue weighted by Gasteiger charge is -2.30. The minimum Gasteiger partial charge on any atom is -0.377 e. The monoisotopic (exact) mass is 275 g/mol. The second-order valence-electron chi connectivity index (χ2n) is 6.00. The molecule has 1 N–H and O–H groups in total. The van der Waals surface area contributed by atoms with Crippen LogP contribution < -0.4 is 10.2 Å². The highest BCUT2D eigenvalue weighted by molar-refractivity contribution is 5.90. The molecule has 0 radical (unpaired) electrons. The zero-order chi connectivity index (χ0) is 14.7. The van der Waals surface area contributed by atoms with Crippen molar-refractivity contribution in [2.75, 3.05) is 37.4 Å². The van der Waals surface area contributed by atoms with Crippen LogP contribution in [-0.2, 0) is 0 Å². The molecule has 20 heavy (non-hydrogen) atoms. The Labute approximate surface area is 121 Å². The normalized spacial score (nSPS) is 16.1. The number of nitrogens with one attached hydrogen (secondary N) is 1. The number of benzene rings is 1. The largest absolute Gasteiger partial charge is 0.377 e. The fraction of sp³-hybridized carbons (Fsp3) is 0.562. The summed E-state index contributed by atoms with van der Waals surface area (Å²) in [7, 11) is 4.03. The number of anilines is 2. The van der Waals surface area contributed by atoms with Crippen LogP contribution in [0.1, 0.15) is 25.3 Å². The second kappa shape index (κ2) is 6.16. The van der Waals surface area contributed by atoms with Crippen LogP contribution in [0.25, 0.3) is 0 Å². The first-order chi connectivity index (χ1) is 9.47. The maximum atomic E-state index is 12.2. The van der Waals surface area contributed by atoms with Gasteiger partial charge < -0.3 is 15.1 Å². The second-order valence-corrected chi connectivity index (χ2v) is 6.00. The summed E-state index contributed by atoms with van der Waals surface area (Å²) in [6.07, 6.45) is 2.20. The van der Waals surface area contributed by atoms with E-state index in [1.54, 1.807) is 0 Å². The third-order valence-electron chi connectivity index (χ3n) is 4.01. The Bertz CT molecular complexity index is 477. The maximum Gasteiger partial charge on any atom is 0.321 e. The number of nitrogens with zero attached hydrogens (tertiary/aromatic N) is 2. The molecule has 0 aromatic heterocycles. The molecule has 1 aromatic rings. The fourth-order valence-corrected chi connectivity index (χ4v) is 2.58. The molecule has 0 aliphatic carbocycles. The molecule has 110 valence electrons. The topological polar surface area (TPSA) is 35.6 Å². The van der Waals surface area contributed by atoms with Crippen molar-refractivity contribution in [2.45, 2.75) is 26.7 Å². The molecule has 0 unspecified atom stereocenters. The van der Waals surface area contributed by atoms with Gasteiger partial charge in [0.15, 0.2) is 0 Å². The Kier molecular flexibility index (Phi) is 4.53. The van der Waals surface area contributed by atoms with Crippen molar-refractivity contribution < 1.29 is 4.79 Å². The van der Waals surface area contributed by atoms with E-state index in [0.29, 0.717) is 0 Å². The van der Waals surface area contributed by atoms with Gasteiger partial charge in [0.05, 0.1) is 0 Å². The highest BCUT2D eigenvalue weighted by Crippen LogP contribution is 2.23. The number of carbonyl (C=O) groups excluding carboxylic acids is 1. The molecule has 1 aliphatic rings. The van der Waals surface area contributed by atoms with Crippen LogP contribution in [0.15, 0.2) is 18.2 Å². The van der Waals surface area contributed by atoms with Gasteiger partial charge in [-0.3, -0.25) is 0 Å². The van der Waals surface area contributed by atoms with E-state index in [-0.39, 0.29) is 6.03 Å². The number of rotatable bonds is 2. The number of aryl methyl sites for hydroxylation is 1. The molecule has 1 aliphatic heterocycles. The Balaban J connectivity index is 2.02. The molecular weight excluding hydrogens is 250 g/mol. The third-order valence-corrected chi connectivity index (χ3v) is 4.01.